The highest BCUT2D eigenvalue weighted by atomic mass is 32.2. The summed E-state index contributed by atoms with van der Waals surface area (Å²) in [6.45, 7) is 1.79. The molecular weight excluding hydrogens is 252 g/mol. The minimum Gasteiger partial charge on any atom is -0.282 e. The van der Waals surface area contributed by atoms with Crippen molar-refractivity contribution >= 4 is 27.1 Å². The zero-order valence-corrected chi connectivity index (χ0v) is 10.4. The normalized spacial score (nSPS) is 14.1. The first-order valence-corrected chi connectivity index (χ1v) is 6.85. The van der Waals surface area contributed by atoms with Crippen LogP contribution in [0.5, 0.6) is 0 Å². The molecule has 1 heterocycles. The molecule has 0 bridgehead atoms. The second kappa shape index (κ2) is 3.60. The van der Waals surface area contributed by atoms with Crippen LogP contribution >= 0.6 is 0 Å². The number of aryl methyl sites for hydroxylation is 1. The molecule has 2 aromatic rings. The lowest BCUT2D eigenvalue weighted by atomic mass is 9.99. The second-order valence-corrected chi connectivity index (χ2v) is 5.56. The van der Waals surface area contributed by atoms with Crippen LogP contribution in [0, 0.1) is 6.92 Å². The zero-order chi connectivity index (χ0) is 12.9. The van der Waals surface area contributed by atoms with Gasteiger partial charge in [0.25, 0.3) is 10.1 Å². The topological polar surface area (TPSA) is 80.2 Å². The molecule has 1 aliphatic rings. The van der Waals surface area contributed by atoms with E-state index in [2.05, 4.69) is 9.97 Å². The molecule has 0 saturated heterocycles. The maximum absolute atomic E-state index is 11.3. The third kappa shape index (κ3) is 1.61. The average Bonchev–Trinajstić information content (AvgIpc) is 2.27. The largest absolute Gasteiger partial charge is 0.294 e. The van der Waals surface area contributed by atoms with E-state index in [9.17, 15) is 13.0 Å². The summed E-state index contributed by atoms with van der Waals surface area (Å²) in [5.74, 6) is 0.634. The third-order valence-corrected chi connectivity index (χ3v) is 3.88. The predicted octanol–water partition coefficient (Wildman–Crippen LogP) is 1.75. The highest BCUT2D eigenvalue weighted by Crippen LogP contribution is 2.31. The Balaban J connectivity index is 2.50. The summed E-state index contributed by atoms with van der Waals surface area (Å²) in [5, 5.41) is 0.707. The molecule has 6 heteroatoms. The van der Waals surface area contributed by atoms with E-state index in [0.717, 1.165) is 0 Å². The van der Waals surface area contributed by atoms with Gasteiger partial charge in [0.15, 0.2) is 0 Å². The van der Waals surface area contributed by atoms with Gasteiger partial charge in [-0.1, -0.05) is 6.08 Å². The molecule has 0 atom stereocenters. The van der Waals surface area contributed by atoms with Crippen LogP contribution in [0.15, 0.2) is 23.1 Å². The van der Waals surface area contributed by atoms with E-state index < -0.39 is 10.1 Å². The van der Waals surface area contributed by atoms with E-state index in [0.29, 0.717) is 34.4 Å². The number of benzene rings is 1. The van der Waals surface area contributed by atoms with Crippen molar-refractivity contribution < 1.29 is 13.0 Å². The highest BCUT2D eigenvalue weighted by Gasteiger charge is 2.21. The lowest BCUT2D eigenvalue weighted by Gasteiger charge is -2.14. The first-order chi connectivity index (χ1) is 8.47. The first kappa shape index (κ1) is 11.3. The lowest BCUT2D eigenvalue weighted by molar-refractivity contribution is 0.482. The molecule has 18 heavy (non-hydrogen) atoms. The summed E-state index contributed by atoms with van der Waals surface area (Å²) in [6.07, 6.45) is 4.13. The van der Waals surface area contributed by atoms with Gasteiger partial charge in [-0.2, -0.15) is 8.42 Å². The quantitative estimate of drug-likeness (QED) is 0.792. The van der Waals surface area contributed by atoms with E-state index >= 15 is 0 Å². The Kier molecular flexibility index (Phi) is 2.26. The molecule has 0 saturated carbocycles. The number of aromatic nitrogens is 2. The fraction of sp³-hybridized carbons (Fsp3) is 0.167. The molecule has 0 spiro atoms. The molecule has 1 aromatic heterocycles. The van der Waals surface area contributed by atoms with Crippen LogP contribution in [0.4, 0.5) is 0 Å². The number of allylic oxidation sites excluding steroid dienone is 1. The van der Waals surface area contributed by atoms with Gasteiger partial charge in [0, 0.05) is 5.39 Å². The van der Waals surface area contributed by atoms with Crippen molar-refractivity contribution in [1.29, 1.82) is 0 Å². The molecule has 3 rings (SSSR count). The Bertz CT molecular complexity index is 795. The molecule has 0 amide bonds. The van der Waals surface area contributed by atoms with Crippen LogP contribution in [0.1, 0.15) is 17.1 Å². The van der Waals surface area contributed by atoms with Crippen molar-refractivity contribution in [3.63, 3.8) is 0 Å². The van der Waals surface area contributed by atoms with Gasteiger partial charge in [-0.15, -0.1) is 0 Å². The van der Waals surface area contributed by atoms with Crippen molar-refractivity contribution in [3.05, 3.63) is 35.3 Å². The Labute approximate surface area is 104 Å². The minimum atomic E-state index is -4.22. The Morgan fingerprint density at radius 3 is 2.78 bits per heavy atom. The monoisotopic (exact) mass is 262 g/mol. The molecular formula is C12H10N2O3S. The molecule has 92 valence electrons. The number of hydrogen-bond acceptors (Lipinski definition) is 4. The standard InChI is InChI=1S/C12H10N2O3S/c1-7-13-9-4-2-3-8-11(18(15,16)17)6-5-10(14-7)12(8)9/h2,4-6H,3H2,1H3,(H,15,16,17). The fourth-order valence-corrected chi connectivity index (χ4v) is 3.01. The van der Waals surface area contributed by atoms with Crippen LogP contribution in [0.3, 0.4) is 0 Å². The van der Waals surface area contributed by atoms with Crippen molar-refractivity contribution in [1.82, 2.24) is 9.97 Å². The number of hydrogen-bond donors (Lipinski definition) is 1. The number of nitrogens with zero attached hydrogens (tertiary/aromatic N) is 2. The Morgan fingerprint density at radius 2 is 2.06 bits per heavy atom. The Morgan fingerprint density at radius 1 is 1.28 bits per heavy atom. The van der Waals surface area contributed by atoms with E-state index in [-0.39, 0.29) is 4.90 Å². The van der Waals surface area contributed by atoms with Gasteiger partial charge in [0.1, 0.15) is 5.82 Å². The van der Waals surface area contributed by atoms with E-state index in [1.807, 2.05) is 12.2 Å². The fourth-order valence-electron chi connectivity index (χ4n) is 2.28. The zero-order valence-electron chi connectivity index (χ0n) is 9.58. The summed E-state index contributed by atoms with van der Waals surface area (Å²) in [4.78, 5) is 8.50. The SMILES string of the molecule is Cc1nc2c3c(c(S(=O)(=O)O)ccc3n1)CC=C2. The van der Waals surface area contributed by atoms with Crippen LogP contribution in [0.2, 0.25) is 0 Å². The lowest BCUT2D eigenvalue weighted by Crippen LogP contribution is -2.07. The first-order valence-electron chi connectivity index (χ1n) is 5.41. The molecule has 1 N–H and O–H groups in total. The minimum absolute atomic E-state index is 0.0620. The summed E-state index contributed by atoms with van der Waals surface area (Å²) in [7, 11) is -4.22. The summed E-state index contributed by atoms with van der Waals surface area (Å²) in [6, 6.07) is 2.99. The summed E-state index contributed by atoms with van der Waals surface area (Å²) in [5.41, 5.74) is 1.96. The van der Waals surface area contributed by atoms with Gasteiger partial charge in [-0.3, -0.25) is 4.55 Å². The van der Waals surface area contributed by atoms with Gasteiger partial charge < -0.3 is 0 Å². The van der Waals surface area contributed by atoms with Crippen LogP contribution in [-0.4, -0.2) is 22.9 Å². The van der Waals surface area contributed by atoms with Crippen molar-refractivity contribution in [2.75, 3.05) is 0 Å². The second-order valence-electron chi connectivity index (χ2n) is 4.17. The van der Waals surface area contributed by atoms with Crippen LogP contribution in [0.25, 0.3) is 17.0 Å². The van der Waals surface area contributed by atoms with Gasteiger partial charge in [0.2, 0.25) is 0 Å². The van der Waals surface area contributed by atoms with Gasteiger partial charge in [-0.25, -0.2) is 9.97 Å². The molecule has 0 fully saturated rings. The van der Waals surface area contributed by atoms with Crippen molar-refractivity contribution in [2.24, 2.45) is 0 Å². The Hall–Kier alpha value is -1.79. The average molecular weight is 262 g/mol. The molecule has 0 unspecified atom stereocenters. The van der Waals surface area contributed by atoms with Crippen molar-refractivity contribution in [3.8, 4) is 0 Å². The van der Waals surface area contributed by atoms with Crippen LogP contribution < -0.4 is 0 Å². The van der Waals surface area contributed by atoms with Gasteiger partial charge in [0.05, 0.1) is 16.1 Å². The smallest absolute Gasteiger partial charge is 0.282 e. The van der Waals surface area contributed by atoms with E-state index in [4.69, 9.17) is 0 Å². The summed E-state index contributed by atoms with van der Waals surface area (Å²) >= 11 is 0. The molecule has 0 aliphatic heterocycles. The van der Waals surface area contributed by atoms with E-state index in [1.165, 1.54) is 6.07 Å². The van der Waals surface area contributed by atoms with E-state index in [1.54, 1.807) is 13.0 Å². The number of rotatable bonds is 1. The van der Waals surface area contributed by atoms with Crippen LogP contribution in [-0.2, 0) is 16.5 Å². The maximum Gasteiger partial charge on any atom is 0.294 e. The molecule has 1 aliphatic carbocycles. The maximum atomic E-state index is 11.3. The van der Waals surface area contributed by atoms with Gasteiger partial charge in [-0.05, 0) is 37.1 Å². The third-order valence-electron chi connectivity index (χ3n) is 2.94. The highest BCUT2D eigenvalue weighted by molar-refractivity contribution is 7.85. The molecule has 0 radical (unpaired) electrons. The molecule has 5 nitrogen and oxygen atoms in total. The summed E-state index contributed by atoms with van der Waals surface area (Å²) < 4.78 is 31.9. The predicted molar refractivity (Wildman–Crippen MR) is 66.8 cm³/mol. The van der Waals surface area contributed by atoms with Gasteiger partial charge >= 0.3 is 0 Å². The van der Waals surface area contributed by atoms with Crippen molar-refractivity contribution in [2.45, 2.75) is 18.2 Å². The molecule has 1 aromatic carbocycles.